The van der Waals surface area contributed by atoms with E-state index in [1.54, 1.807) is 20.2 Å². The smallest absolute Gasteiger partial charge is 0.319 e. The average Bonchev–Trinajstić information content (AvgIpc) is 3.10. The number of rotatable bonds is 12. The molecule has 6 nitrogen and oxygen atoms in total. The van der Waals surface area contributed by atoms with Crippen LogP contribution in [0.2, 0.25) is 0 Å². The molecule has 1 unspecified atom stereocenters. The van der Waals surface area contributed by atoms with Crippen molar-refractivity contribution in [2.45, 2.75) is 80.3 Å². The van der Waals surface area contributed by atoms with Gasteiger partial charge in [0.2, 0.25) is 0 Å². The normalized spacial score (nSPS) is 16.7. The molecule has 1 N–H and O–H groups in total. The molecule has 0 amide bonds. The average molecular weight is 459 g/mol. The fourth-order valence-electron chi connectivity index (χ4n) is 2.88. The van der Waals surface area contributed by atoms with Crippen LogP contribution in [-0.4, -0.2) is 56.5 Å². The lowest BCUT2D eigenvalue weighted by Crippen LogP contribution is -2.36. The number of hydrogen-bond donors (Lipinski definition) is 1. The first kappa shape index (κ1) is 24.2. The fraction of sp³-hybridized carbons (Fsp3) is 0.700. The highest BCUT2D eigenvalue weighted by Crippen LogP contribution is 2.34. The predicted molar refractivity (Wildman–Crippen MR) is 124 cm³/mol. The summed E-state index contributed by atoms with van der Waals surface area (Å²) in [7, 11) is 0. The molecule has 0 spiro atoms. The molecule has 0 aliphatic carbocycles. The van der Waals surface area contributed by atoms with Crippen molar-refractivity contribution in [3.63, 3.8) is 0 Å². The maximum absolute atomic E-state index is 11.3. The number of halogens is 1. The van der Waals surface area contributed by atoms with E-state index in [2.05, 4.69) is 26.8 Å². The van der Waals surface area contributed by atoms with E-state index in [4.69, 9.17) is 11.6 Å². The second-order valence-corrected chi connectivity index (χ2v) is 10.9. The molecule has 0 bridgehead atoms. The predicted octanol–water partition coefficient (Wildman–Crippen LogP) is 5.31. The molecule has 1 aliphatic rings. The lowest BCUT2D eigenvalue weighted by Gasteiger charge is -2.27. The molecule has 9 heteroatoms. The Bertz CT molecular complexity index is 721. The number of carboxylic acids is 1. The number of thioether (sulfide) groups is 1. The third-order valence-corrected chi connectivity index (χ3v) is 7.15. The molecule has 2 heterocycles. The van der Waals surface area contributed by atoms with Crippen molar-refractivity contribution in [1.29, 1.82) is 0 Å². The topological polar surface area (TPSA) is 78.2 Å². The molecule has 1 aromatic rings. The summed E-state index contributed by atoms with van der Waals surface area (Å²) in [6, 6.07) is 0. The van der Waals surface area contributed by atoms with Gasteiger partial charge >= 0.3 is 5.97 Å². The number of alkyl halides is 1. The van der Waals surface area contributed by atoms with Gasteiger partial charge in [0, 0.05) is 31.3 Å². The zero-order chi connectivity index (χ0) is 21.3. The van der Waals surface area contributed by atoms with Crippen LogP contribution in [0.15, 0.2) is 19.7 Å². The SMILES string of the molecule is CCCCCCCN(CCc1csc(SC(C)(C)C(=O)O)n1)C1=NC=NC(Cl)C1. The van der Waals surface area contributed by atoms with Crippen LogP contribution in [0.3, 0.4) is 0 Å². The highest BCUT2D eigenvalue weighted by atomic mass is 35.5. The zero-order valence-electron chi connectivity index (χ0n) is 17.4. The molecule has 1 atom stereocenters. The number of thiazole rings is 1. The van der Waals surface area contributed by atoms with Crippen LogP contribution < -0.4 is 0 Å². The van der Waals surface area contributed by atoms with Gasteiger partial charge in [0.25, 0.3) is 0 Å². The van der Waals surface area contributed by atoms with Crippen LogP contribution in [0, 0.1) is 0 Å². The molecule has 2 rings (SSSR count). The lowest BCUT2D eigenvalue weighted by atomic mass is 10.1. The summed E-state index contributed by atoms with van der Waals surface area (Å²) in [6.07, 6.45) is 9.15. The Morgan fingerprint density at radius 1 is 1.34 bits per heavy atom. The number of carboxylic acid groups (broad SMARTS) is 1. The Balaban J connectivity index is 1.94. The van der Waals surface area contributed by atoms with Crippen LogP contribution in [0.25, 0.3) is 0 Å². The summed E-state index contributed by atoms with van der Waals surface area (Å²) < 4.78 is -0.0907. The Kier molecular flexibility index (Phi) is 9.92. The number of aromatic nitrogens is 1. The van der Waals surface area contributed by atoms with Gasteiger partial charge in [-0.2, -0.15) is 0 Å². The van der Waals surface area contributed by atoms with Crippen molar-refractivity contribution < 1.29 is 9.90 Å². The van der Waals surface area contributed by atoms with Gasteiger partial charge in [0.15, 0.2) is 4.34 Å². The van der Waals surface area contributed by atoms with E-state index in [9.17, 15) is 9.90 Å². The highest BCUT2D eigenvalue weighted by molar-refractivity contribution is 8.02. The third kappa shape index (κ3) is 8.26. The number of aliphatic imine (C=N–C) groups is 2. The largest absolute Gasteiger partial charge is 0.480 e. The van der Waals surface area contributed by atoms with Crippen molar-refractivity contribution in [2.75, 3.05) is 13.1 Å². The number of carbonyl (C=O) groups is 1. The molecule has 0 saturated heterocycles. The molecular weight excluding hydrogens is 428 g/mol. The first-order chi connectivity index (χ1) is 13.8. The summed E-state index contributed by atoms with van der Waals surface area (Å²) in [4.78, 5) is 26.8. The maximum atomic E-state index is 11.3. The molecular formula is C20H31ClN4O2S2. The summed E-state index contributed by atoms with van der Waals surface area (Å²) in [5.74, 6) is 0.161. The third-order valence-electron chi connectivity index (χ3n) is 4.71. The van der Waals surface area contributed by atoms with E-state index in [1.165, 1.54) is 48.8 Å². The van der Waals surface area contributed by atoms with E-state index in [0.29, 0.717) is 6.42 Å². The van der Waals surface area contributed by atoms with Crippen LogP contribution >= 0.6 is 34.7 Å². The van der Waals surface area contributed by atoms with Gasteiger partial charge in [-0.15, -0.1) is 11.3 Å². The lowest BCUT2D eigenvalue weighted by molar-refractivity contribution is -0.138. The van der Waals surface area contributed by atoms with E-state index in [1.807, 2.05) is 5.38 Å². The standard InChI is InChI=1S/C20H31ClN4O2S2/c1-4-5-6-7-8-10-25(17-12-16(21)22-14-23-17)11-9-15-13-28-19(24-15)29-20(2,3)18(26)27/h13-14,16H,4-12H2,1-3H3,(H,26,27). The van der Waals surface area contributed by atoms with Crippen LogP contribution in [-0.2, 0) is 11.2 Å². The molecule has 162 valence electrons. The number of nitrogens with zero attached hydrogens (tertiary/aromatic N) is 4. The molecule has 29 heavy (non-hydrogen) atoms. The van der Waals surface area contributed by atoms with Crippen molar-refractivity contribution in [1.82, 2.24) is 9.88 Å². The number of hydrogen-bond acceptors (Lipinski definition) is 7. The summed E-state index contributed by atoms with van der Waals surface area (Å²) in [6.45, 7) is 7.40. The minimum absolute atomic E-state index is 0.245. The van der Waals surface area contributed by atoms with Gasteiger partial charge in [-0.1, -0.05) is 56.0 Å². The summed E-state index contributed by atoms with van der Waals surface area (Å²) >= 11 is 9.00. The summed E-state index contributed by atoms with van der Waals surface area (Å²) in [5, 5.41) is 11.3. The zero-order valence-corrected chi connectivity index (χ0v) is 19.8. The molecule has 0 fully saturated rings. The van der Waals surface area contributed by atoms with Gasteiger partial charge in [0.1, 0.15) is 22.4 Å². The number of unbranched alkanes of at least 4 members (excludes halogenated alkanes) is 4. The van der Waals surface area contributed by atoms with Crippen molar-refractivity contribution >= 4 is 52.8 Å². The van der Waals surface area contributed by atoms with Crippen molar-refractivity contribution in [2.24, 2.45) is 9.98 Å². The monoisotopic (exact) mass is 458 g/mol. The van der Waals surface area contributed by atoms with E-state index < -0.39 is 10.7 Å². The van der Waals surface area contributed by atoms with Crippen LogP contribution in [0.5, 0.6) is 0 Å². The van der Waals surface area contributed by atoms with Crippen LogP contribution in [0.1, 0.15) is 65.0 Å². The minimum Gasteiger partial charge on any atom is -0.480 e. The molecule has 0 aromatic carbocycles. The maximum Gasteiger partial charge on any atom is 0.319 e. The Hall–Kier alpha value is -1.12. The summed E-state index contributed by atoms with van der Waals surface area (Å²) in [5.41, 5.74) is 0.743. The highest BCUT2D eigenvalue weighted by Gasteiger charge is 2.29. The van der Waals surface area contributed by atoms with E-state index >= 15 is 0 Å². The minimum atomic E-state index is -0.884. The van der Waals surface area contributed by atoms with Crippen molar-refractivity contribution in [3.8, 4) is 0 Å². The van der Waals surface area contributed by atoms with Gasteiger partial charge in [-0.3, -0.25) is 9.79 Å². The van der Waals surface area contributed by atoms with Gasteiger partial charge < -0.3 is 10.0 Å². The Labute approximate surface area is 186 Å². The van der Waals surface area contributed by atoms with Gasteiger partial charge in [-0.25, -0.2) is 9.98 Å². The molecule has 1 aliphatic heterocycles. The first-order valence-electron chi connectivity index (χ1n) is 10.2. The molecule has 1 aromatic heterocycles. The fourth-order valence-corrected chi connectivity index (χ4v) is 5.29. The Morgan fingerprint density at radius 2 is 2.10 bits per heavy atom. The quantitative estimate of drug-likeness (QED) is 0.199. The molecule has 0 radical (unpaired) electrons. The molecule has 0 saturated carbocycles. The number of amidine groups is 1. The first-order valence-corrected chi connectivity index (χ1v) is 12.3. The van der Waals surface area contributed by atoms with E-state index in [-0.39, 0.29) is 5.50 Å². The van der Waals surface area contributed by atoms with E-state index in [0.717, 1.165) is 41.8 Å². The number of aliphatic carboxylic acids is 1. The van der Waals surface area contributed by atoms with Gasteiger partial charge in [0.05, 0.1) is 5.69 Å². The van der Waals surface area contributed by atoms with Crippen molar-refractivity contribution in [3.05, 3.63) is 11.1 Å². The second kappa shape index (κ2) is 11.9. The van der Waals surface area contributed by atoms with Gasteiger partial charge in [-0.05, 0) is 20.3 Å². The second-order valence-electron chi connectivity index (χ2n) is 7.62. The Morgan fingerprint density at radius 3 is 2.79 bits per heavy atom. The van der Waals surface area contributed by atoms with Crippen LogP contribution in [0.4, 0.5) is 0 Å².